The van der Waals surface area contributed by atoms with Crippen LogP contribution in [0.1, 0.15) is 51.4 Å². The molecule has 0 heteroatoms. The summed E-state index contributed by atoms with van der Waals surface area (Å²) in [5.74, 6) is 6.46. The molecular weight excluding hydrogens is 144 g/mol. The zero-order valence-corrected chi connectivity index (χ0v) is 7.81. The second-order valence-corrected chi connectivity index (χ2v) is 3.32. The second kappa shape index (κ2) is 6.98. The van der Waals surface area contributed by atoms with Gasteiger partial charge in [-0.2, -0.15) is 0 Å². The number of hydrogen-bond donors (Lipinski definition) is 0. The van der Waals surface area contributed by atoms with E-state index in [0.29, 0.717) is 0 Å². The molecule has 0 unspecified atom stereocenters. The lowest BCUT2D eigenvalue weighted by molar-refractivity contribution is 0.745. The second-order valence-electron chi connectivity index (χ2n) is 3.32. The fourth-order valence-electron chi connectivity index (χ4n) is 1.36. The zero-order valence-electron chi connectivity index (χ0n) is 7.81. The van der Waals surface area contributed by atoms with Crippen LogP contribution in [0.5, 0.6) is 0 Å². The van der Waals surface area contributed by atoms with Gasteiger partial charge in [0.05, 0.1) is 0 Å². The lowest BCUT2D eigenvalue weighted by Crippen LogP contribution is -1.77. The van der Waals surface area contributed by atoms with Crippen LogP contribution in [0.3, 0.4) is 0 Å². The molecule has 12 heavy (non-hydrogen) atoms. The zero-order chi connectivity index (χ0) is 8.49. The molecule has 0 amide bonds. The molecule has 0 aromatic heterocycles. The van der Waals surface area contributed by atoms with Crippen molar-refractivity contribution in [3.05, 3.63) is 12.2 Å². The van der Waals surface area contributed by atoms with Crippen molar-refractivity contribution in [1.82, 2.24) is 0 Å². The molecule has 1 aliphatic rings. The van der Waals surface area contributed by atoms with E-state index in [-0.39, 0.29) is 0 Å². The highest BCUT2D eigenvalue weighted by Crippen LogP contribution is 2.05. The summed E-state index contributed by atoms with van der Waals surface area (Å²) in [6.07, 6.45) is 14.5. The first kappa shape index (κ1) is 9.39. The fraction of sp³-hybridized carbons (Fsp3) is 0.667. The quantitative estimate of drug-likeness (QED) is 0.376. The molecule has 0 heterocycles. The molecule has 0 spiro atoms. The van der Waals surface area contributed by atoms with Crippen molar-refractivity contribution in [2.45, 2.75) is 51.4 Å². The summed E-state index contributed by atoms with van der Waals surface area (Å²) < 4.78 is 0. The van der Waals surface area contributed by atoms with Gasteiger partial charge in [-0.3, -0.25) is 0 Å². The van der Waals surface area contributed by atoms with Gasteiger partial charge in [0.2, 0.25) is 0 Å². The highest BCUT2D eigenvalue weighted by atomic mass is 13.9. The first-order valence-corrected chi connectivity index (χ1v) is 5.11. The van der Waals surface area contributed by atoms with E-state index in [4.69, 9.17) is 0 Å². The van der Waals surface area contributed by atoms with Crippen LogP contribution >= 0.6 is 0 Å². The van der Waals surface area contributed by atoms with Gasteiger partial charge in [0, 0.05) is 12.8 Å². The van der Waals surface area contributed by atoms with Crippen molar-refractivity contribution in [3.63, 3.8) is 0 Å². The van der Waals surface area contributed by atoms with E-state index in [2.05, 4.69) is 24.0 Å². The summed E-state index contributed by atoms with van der Waals surface area (Å²) in [5.41, 5.74) is 0. The van der Waals surface area contributed by atoms with E-state index in [1.54, 1.807) is 0 Å². The number of allylic oxidation sites excluding steroid dienone is 2. The van der Waals surface area contributed by atoms with Crippen LogP contribution < -0.4 is 0 Å². The molecule has 1 rings (SSSR count). The van der Waals surface area contributed by atoms with Crippen molar-refractivity contribution in [2.75, 3.05) is 0 Å². The molecule has 0 atom stereocenters. The Kier molecular flexibility index (Phi) is 5.46. The molecule has 0 N–H and O–H groups in total. The van der Waals surface area contributed by atoms with Gasteiger partial charge >= 0.3 is 0 Å². The number of rotatable bonds is 0. The Morgan fingerprint density at radius 2 is 1.17 bits per heavy atom. The lowest BCUT2D eigenvalue weighted by atomic mass is 10.1. The maximum Gasteiger partial charge on any atom is 0.00887 e. The highest BCUT2D eigenvalue weighted by molar-refractivity contribution is 4.99. The minimum Gasteiger partial charge on any atom is -0.103 e. The molecule has 0 bridgehead atoms. The van der Waals surface area contributed by atoms with Crippen molar-refractivity contribution < 1.29 is 0 Å². The molecule has 66 valence electrons. The van der Waals surface area contributed by atoms with Gasteiger partial charge in [-0.25, -0.2) is 0 Å². The third-order valence-electron chi connectivity index (χ3n) is 2.14. The summed E-state index contributed by atoms with van der Waals surface area (Å²) in [5, 5.41) is 0. The average molecular weight is 162 g/mol. The summed E-state index contributed by atoms with van der Waals surface area (Å²) in [6.45, 7) is 0. The molecule has 0 aliphatic heterocycles. The molecule has 1 aliphatic carbocycles. The van der Waals surface area contributed by atoms with E-state index in [1.165, 1.54) is 38.5 Å². The van der Waals surface area contributed by atoms with Crippen LogP contribution in [-0.4, -0.2) is 0 Å². The minimum absolute atomic E-state index is 1.10. The lowest BCUT2D eigenvalue weighted by Gasteiger charge is -1.95. The highest BCUT2D eigenvalue weighted by Gasteiger charge is 1.87. The molecule has 0 saturated carbocycles. The molecule has 0 saturated heterocycles. The van der Waals surface area contributed by atoms with E-state index < -0.39 is 0 Å². The standard InChI is InChI=1S/C12H18/c1-2-4-6-8-10-12-11-9-7-5-3-1/h1-2H,3-10H2/b2-1+. The number of hydrogen-bond acceptors (Lipinski definition) is 0. The fourth-order valence-corrected chi connectivity index (χ4v) is 1.36. The van der Waals surface area contributed by atoms with Crippen molar-refractivity contribution >= 4 is 0 Å². The van der Waals surface area contributed by atoms with Gasteiger partial charge in [0.15, 0.2) is 0 Å². The molecule has 0 nitrogen and oxygen atoms in total. The summed E-state index contributed by atoms with van der Waals surface area (Å²) >= 11 is 0. The molecular formula is C12H18. The van der Waals surface area contributed by atoms with Crippen molar-refractivity contribution in [3.8, 4) is 11.8 Å². The summed E-state index contributed by atoms with van der Waals surface area (Å²) in [7, 11) is 0. The maximum atomic E-state index is 3.23. The molecule has 0 aromatic carbocycles. The normalized spacial score (nSPS) is 22.7. The van der Waals surface area contributed by atoms with Crippen LogP contribution in [0.15, 0.2) is 12.2 Å². The Morgan fingerprint density at radius 1 is 0.667 bits per heavy atom. The van der Waals surface area contributed by atoms with E-state index >= 15 is 0 Å². The Morgan fingerprint density at radius 3 is 1.67 bits per heavy atom. The van der Waals surface area contributed by atoms with Crippen LogP contribution in [0.4, 0.5) is 0 Å². The predicted octanol–water partition coefficient (Wildman–Crippen LogP) is 3.68. The Hall–Kier alpha value is -0.700. The van der Waals surface area contributed by atoms with Gasteiger partial charge in [0.1, 0.15) is 0 Å². The summed E-state index contributed by atoms with van der Waals surface area (Å²) in [4.78, 5) is 0. The average Bonchev–Trinajstić information content (AvgIpc) is 2.05. The largest absolute Gasteiger partial charge is 0.103 e. The Balaban J connectivity index is 2.22. The van der Waals surface area contributed by atoms with Gasteiger partial charge in [-0.15, -0.1) is 11.8 Å². The third kappa shape index (κ3) is 5.02. The van der Waals surface area contributed by atoms with Crippen LogP contribution in [-0.2, 0) is 0 Å². The van der Waals surface area contributed by atoms with Crippen molar-refractivity contribution in [2.24, 2.45) is 0 Å². The van der Waals surface area contributed by atoms with Crippen LogP contribution in [0.25, 0.3) is 0 Å². The monoisotopic (exact) mass is 162 g/mol. The minimum atomic E-state index is 1.10. The Bertz CT molecular complexity index is 160. The molecule has 0 radical (unpaired) electrons. The SMILES string of the molecule is C1#CCCCC/C=C/CCCC1. The molecule has 0 fully saturated rings. The van der Waals surface area contributed by atoms with Crippen LogP contribution in [0, 0.1) is 11.8 Å². The van der Waals surface area contributed by atoms with E-state index in [1.807, 2.05) is 0 Å². The summed E-state index contributed by atoms with van der Waals surface area (Å²) in [6, 6.07) is 0. The van der Waals surface area contributed by atoms with E-state index in [9.17, 15) is 0 Å². The van der Waals surface area contributed by atoms with E-state index in [0.717, 1.165) is 12.8 Å². The smallest absolute Gasteiger partial charge is 0.00887 e. The van der Waals surface area contributed by atoms with Crippen LogP contribution in [0.2, 0.25) is 0 Å². The van der Waals surface area contributed by atoms with Gasteiger partial charge in [-0.1, -0.05) is 12.2 Å². The topological polar surface area (TPSA) is 0 Å². The van der Waals surface area contributed by atoms with Crippen molar-refractivity contribution in [1.29, 1.82) is 0 Å². The first-order valence-electron chi connectivity index (χ1n) is 5.11. The van der Waals surface area contributed by atoms with Gasteiger partial charge < -0.3 is 0 Å². The van der Waals surface area contributed by atoms with Gasteiger partial charge in [0.25, 0.3) is 0 Å². The van der Waals surface area contributed by atoms with Gasteiger partial charge in [-0.05, 0) is 38.5 Å². The first-order chi connectivity index (χ1) is 6.00. The molecule has 0 aromatic rings. The predicted molar refractivity (Wildman–Crippen MR) is 53.9 cm³/mol. The Labute approximate surface area is 76.1 Å². The third-order valence-corrected chi connectivity index (χ3v) is 2.14. The maximum absolute atomic E-state index is 3.23.